The molecule has 0 aromatic heterocycles. The number of nitrogens with one attached hydrogen (secondary N) is 1. The van der Waals surface area contributed by atoms with Gasteiger partial charge in [0.15, 0.2) is 0 Å². The smallest absolute Gasteiger partial charge is 0.275 e. The molecule has 3 rings (SSSR count). The molecule has 1 aliphatic heterocycles. The SMILES string of the molecule is COc1ccc(CC2=N/C(=C\c3ccc(Cl)cc3Cl)C(=O)N2)cc1. The first-order chi connectivity index (χ1) is 11.5. The van der Waals surface area contributed by atoms with Crippen LogP contribution < -0.4 is 10.1 Å². The van der Waals surface area contributed by atoms with Crippen LogP contribution in [0.25, 0.3) is 6.08 Å². The Balaban J connectivity index is 1.80. The first-order valence-electron chi connectivity index (χ1n) is 7.24. The second-order valence-electron chi connectivity index (χ2n) is 5.23. The number of carbonyl (C=O) groups excluding carboxylic acids is 1. The fourth-order valence-electron chi connectivity index (χ4n) is 2.30. The van der Waals surface area contributed by atoms with E-state index >= 15 is 0 Å². The van der Waals surface area contributed by atoms with E-state index in [1.54, 1.807) is 31.4 Å². The molecule has 0 fully saturated rings. The number of rotatable bonds is 4. The van der Waals surface area contributed by atoms with Gasteiger partial charge in [-0.15, -0.1) is 0 Å². The number of halogens is 2. The Bertz CT molecular complexity index is 843. The third-order valence-electron chi connectivity index (χ3n) is 3.53. The van der Waals surface area contributed by atoms with E-state index in [0.29, 0.717) is 33.6 Å². The quantitative estimate of drug-likeness (QED) is 0.833. The van der Waals surface area contributed by atoms with Gasteiger partial charge >= 0.3 is 0 Å². The van der Waals surface area contributed by atoms with Gasteiger partial charge in [0, 0.05) is 16.5 Å². The van der Waals surface area contributed by atoms with Crippen molar-refractivity contribution in [2.24, 2.45) is 4.99 Å². The van der Waals surface area contributed by atoms with Crippen molar-refractivity contribution < 1.29 is 9.53 Å². The summed E-state index contributed by atoms with van der Waals surface area (Å²) >= 11 is 12.0. The molecule has 0 unspecified atom stereocenters. The highest BCUT2D eigenvalue weighted by Crippen LogP contribution is 2.24. The van der Waals surface area contributed by atoms with Crippen molar-refractivity contribution in [1.29, 1.82) is 0 Å². The number of methoxy groups -OCH3 is 1. The fourth-order valence-corrected chi connectivity index (χ4v) is 2.77. The fraction of sp³-hybridized carbons (Fsp3) is 0.111. The van der Waals surface area contributed by atoms with Crippen LogP contribution in [0.1, 0.15) is 11.1 Å². The summed E-state index contributed by atoms with van der Waals surface area (Å²) in [4.78, 5) is 16.4. The van der Waals surface area contributed by atoms with Crippen molar-refractivity contribution in [2.45, 2.75) is 6.42 Å². The van der Waals surface area contributed by atoms with Gasteiger partial charge in [0.2, 0.25) is 0 Å². The molecule has 1 N–H and O–H groups in total. The zero-order valence-electron chi connectivity index (χ0n) is 12.8. The number of hydrogen-bond donors (Lipinski definition) is 1. The van der Waals surface area contributed by atoms with E-state index in [0.717, 1.165) is 11.3 Å². The minimum atomic E-state index is -0.246. The standard InChI is InChI=1S/C18H14Cl2N2O2/c1-24-14-6-2-11(3-7-14)8-17-21-16(18(23)22-17)9-12-4-5-13(19)10-15(12)20/h2-7,9-10H,8H2,1H3,(H,21,22,23)/b16-9-. The second kappa shape index (κ2) is 7.07. The van der Waals surface area contributed by atoms with E-state index in [9.17, 15) is 4.79 Å². The number of amidine groups is 1. The first-order valence-corrected chi connectivity index (χ1v) is 7.99. The lowest BCUT2D eigenvalue weighted by molar-refractivity contribution is -0.115. The maximum absolute atomic E-state index is 12.1. The average molecular weight is 361 g/mol. The zero-order valence-corrected chi connectivity index (χ0v) is 14.4. The third-order valence-corrected chi connectivity index (χ3v) is 4.09. The van der Waals surface area contributed by atoms with Gasteiger partial charge in [-0.2, -0.15) is 0 Å². The van der Waals surface area contributed by atoms with Crippen molar-refractivity contribution in [1.82, 2.24) is 5.32 Å². The van der Waals surface area contributed by atoms with Gasteiger partial charge in [-0.1, -0.05) is 41.4 Å². The largest absolute Gasteiger partial charge is 0.497 e. The Morgan fingerprint density at radius 3 is 2.58 bits per heavy atom. The number of aliphatic imine (C=N–C) groups is 1. The van der Waals surface area contributed by atoms with Gasteiger partial charge < -0.3 is 10.1 Å². The molecule has 6 heteroatoms. The van der Waals surface area contributed by atoms with Crippen LogP contribution in [0.5, 0.6) is 5.75 Å². The number of hydrogen-bond acceptors (Lipinski definition) is 3. The van der Waals surface area contributed by atoms with Crippen molar-refractivity contribution in [3.63, 3.8) is 0 Å². The van der Waals surface area contributed by atoms with Gasteiger partial charge in [0.05, 0.1) is 7.11 Å². The monoisotopic (exact) mass is 360 g/mol. The molecule has 1 aliphatic rings. The van der Waals surface area contributed by atoms with E-state index in [1.165, 1.54) is 0 Å². The Morgan fingerprint density at radius 1 is 1.17 bits per heavy atom. The second-order valence-corrected chi connectivity index (χ2v) is 6.08. The summed E-state index contributed by atoms with van der Waals surface area (Å²) in [6.07, 6.45) is 2.18. The molecule has 0 aliphatic carbocycles. The summed E-state index contributed by atoms with van der Waals surface area (Å²) in [6, 6.07) is 12.7. The minimum Gasteiger partial charge on any atom is -0.497 e. The molecule has 122 valence electrons. The molecule has 0 spiro atoms. The Labute approximate surface area is 149 Å². The molecular weight excluding hydrogens is 347 g/mol. The molecule has 0 atom stereocenters. The van der Waals surface area contributed by atoms with Gasteiger partial charge in [-0.05, 0) is 41.5 Å². The van der Waals surface area contributed by atoms with Crippen LogP contribution in [0.15, 0.2) is 53.2 Å². The predicted molar refractivity (Wildman–Crippen MR) is 96.7 cm³/mol. The van der Waals surface area contributed by atoms with Crippen LogP contribution in [0, 0.1) is 0 Å². The van der Waals surface area contributed by atoms with Crippen LogP contribution in [0.4, 0.5) is 0 Å². The minimum absolute atomic E-state index is 0.246. The highest BCUT2D eigenvalue weighted by Gasteiger charge is 2.20. The molecule has 24 heavy (non-hydrogen) atoms. The molecular formula is C18H14Cl2N2O2. The van der Waals surface area contributed by atoms with E-state index < -0.39 is 0 Å². The number of carbonyl (C=O) groups is 1. The molecule has 0 saturated carbocycles. The molecule has 2 aromatic rings. The number of nitrogens with zero attached hydrogens (tertiary/aromatic N) is 1. The van der Waals surface area contributed by atoms with Gasteiger partial charge in [-0.3, -0.25) is 4.79 Å². The van der Waals surface area contributed by atoms with Crippen molar-refractivity contribution in [2.75, 3.05) is 7.11 Å². The maximum Gasteiger partial charge on any atom is 0.275 e. The van der Waals surface area contributed by atoms with E-state index in [-0.39, 0.29) is 5.91 Å². The summed E-state index contributed by atoms with van der Waals surface area (Å²) in [5, 5.41) is 3.79. The van der Waals surface area contributed by atoms with Gasteiger partial charge in [-0.25, -0.2) is 4.99 Å². The summed E-state index contributed by atoms with van der Waals surface area (Å²) in [5.74, 6) is 1.14. The molecule has 2 aromatic carbocycles. The molecule has 0 saturated heterocycles. The first kappa shape index (κ1) is 16.6. The van der Waals surface area contributed by atoms with Crippen LogP contribution in [-0.4, -0.2) is 18.9 Å². The van der Waals surface area contributed by atoms with Crippen LogP contribution in [-0.2, 0) is 11.2 Å². The lowest BCUT2D eigenvalue weighted by Crippen LogP contribution is -2.25. The number of amides is 1. The average Bonchev–Trinajstić information content (AvgIpc) is 2.90. The highest BCUT2D eigenvalue weighted by atomic mass is 35.5. The van der Waals surface area contributed by atoms with Crippen molar-refractivity contribution in [3.8, 4) is 5.75 Å². The summed E-state index contributed by atoms with van der Waals surface area (Å²) in [7, 11) is 1.62. The predicted octanol–water partition coefficient (Wildman–Crippen LogP) is 4.11. The molecule has 1 heterocycles. The summed E-state index contributed by atoms with van der Waals surface area (Å²) in [6.45, 7) is 0. The zero-order chi connectivity index (χ0) is 17.1. The van der Waals surface area contributed by atoms with Crippen LogP contribution in [0.2, 0.25) is 10.0 Å². The molecule has 0 bridgehead atoms. The van der Waals surface area contributed by atoms with Crippen molar-refractivity contribution >= 4 is 41.0 Å². The van der Waals surface area contributed by atoms with Gasteiger partial charge in [0.1, 0.15) is 17.3 Å². The molecule has 0 radical (unpaired) electrons. The normalized spacial score (nSPS) is 15.4. The number of ether oxygens (including phenoxy) is 1. The van der Waals surface area contributed by atoms with Crippen LogP contribution in [0.3, 0.4) is 0 Å². The Hall–Kier alpha value is -2.30. The maximum atomic E-state index is 12.1. The lowest BCUT2D eigenvalue weighted by atomic mass is 10.1. The third kappa shape index (κ3) is 3.78. The number of benzene rings is 2. The van der Waals surface area contributed by atoms with E-state index in [1.807, 2.05) is 24.3 Å². The summed E-state index contributed by atoms with van der Waals surface area (Å²) in [5.41, 5.74) is 2.05. The van der Waals surface area contributed by atoms with E-state index in [4.69, 9.17) is 27.9 Å². The Morgan fingerprint density at radius 2 is 1.92 bits per heavy atom. The lowest BCUT2D eigenvalue weighted by Gasteiger charge is -2.03. The van der Waals surface area contributed by atoms with Crippen LogP contribution >= 0.6 is 23.2 Å². The highest BCUT2D eigenvalue weighted by molar-refractivity contribution is 6.35. The molecule has 4 nitrogen and oxygen atoms in total. The van der Waals surface area contributed by atoms with E-state index in [2.05, 4.69) is 10.3 Å². The van der Waals surface area contributed by atoms with Crippen molar-refractivity contribution in [3.05, 3.63) is 69.3 Å². The Kier molecular flexibility index (Phi) is 4.88. The van der Waals surface area contributed by atoms with Gasteiger partial charge in [0.25, 0.3) is 5.91 Å². The topological polar surface area (TPSA) is 50.7 Å². The summed E-state index contributed by atoms with van der Waals surface area (Å²) < 4.78 is 5.13. The molecule has 1 amide bonds.